The average molecular weight is 289 g/mol. The van der Waals surface area contributed by atoms with E-state index in [-0.39, 0.29) is 6.04 Å². The molecule has 3 heteroatoms. The molecule has 0 fully saturated rings. The molecular formula is C17H21ClN2. The smallest absolute Gasteiger partial charge is 0.0724 e. The number of nitrogens with two attached hydrogens (primary N) is 1. The molecule has 1 unspecified atom stereocenters. The van der Waals surface area contributed by atoms with Crippen LogP contribution in [0.4, 0.5) is 0 Å². The topological polar surface area (TPSA) is 38.0 Å². The summed E-state index contributed by atoms with van der Waals surface area (Å²) in [6, 6.07) is 14.5. The molecule has 2 nitrogen and oxygen atoms in total. The van der Waals surface area contributed by atoms with Crippen LogP contribution in [0.15, 0.2) is 42.5 Å². The van der Waals surface area contributed by atoms with Gasteiger partial charge in [-0.3, -0.25) is 5.84 Å². The number of hydrogen-bond donors (Lipinski definition) is 2. The third kappa shape index (κ3) is 3.40. The summed E-state index contributed by atoms with van der Waals surface area (Å²) < 4.78 is 0. The van der Waals surface area contributed by atoms with E-state index in [1.165, 1.54) is 5.56 Å². The van der Waals surface area contributed by atoms with Crippen molar-refractivity contribution in [3.8, 4) is 0 Å². The van der Waals surface area contributed by atoms with Crippen molar-refractivity contribution in [1.82, 2.24) is 5.43 Å². The van der Waals surface area contributed by atoms with Gasteiger partial charge in [0.25, 0.3) is 0 Å². The Labute approximate surface area is 125 Å². The van der Waals surface area contributed by atoms with Crippen LogP contribution in [0.3, 0.4) is 0 Å². The number of aryl methyl sites for hydroxylation is 2. The lowest BCUT2D eigenvalue weighted by molar-refractivity contribution is 0.636. The van der Waals surface area contributed by atoms with E-state index >= 15 is 0 Å². The minimum atomic E-state index is -0.0845. The predicted molar refractivity (Wildman–Crippen MR) is 85.8 cm³/mol. The van der Waals surface area contributed by atoms with Gasteiger partial charge in [-0.1, -0.05) is 61.3 Å². The fraction of sp³-hybridized carbons (Fsp3) is 0.294. The van der Waals surface area contributed by atoms with E-state index in [2.05, 4.69) is 42.7 Å². The molecule has 0 aliphatic carbocycles. The average Bonchev–Trinajstić information content (AvgIpc) is 2.44. The van der Waals surface area contributed by atoms with Gasteiger partial charge in [0.2, 0.25) is 0 Å². The number of rotatable bonds is 5. The molecule has 0 bridgehead atoms. The minimum Gasteiger partial charge on any atom is -0.271 e. The first-order valence-electron chi connectivity index (χ1n) is 6.96. The molecule has 2 aromatic carbocycles. The Hall–Kier alpha value is -1.35. The number of hydrogen-bond acceptors (Lipinski definition) is 2. The van der Waals surface area contributed by atoms with Crippen LogP contribution in [0.25, 0.3) is 0 Å². The molecule has 0 saturated carbocycles. The largest absolute Gasteiger partial charge is 0.271 e. The molecule has 0 spiro atoms. The van der Waals surface area contributed by atoms with Gasteiger partial charge in [-0.15, -0.1) is 0 Å². The Bertz CT molecular complexity index is 564. The third-order valence-corrected chi connectivity index (χ3v) is 3.81. The van der Waals surface area contributed by atoms with Crippen molar-refractivity contribution in [3.63, 3.8) is 0 Å². The Morgan fingerprint density at radius 1 is 1.15 bits per heavy atom. The Balaban J connectivity index is 2.31. The van der Waals surface area contributed by atoms with Crippen molar-refractivity contribution in [1.29, 1.82) is 0 Å². The maximum Gasteiger partial charge on any atom is 0.0724 e. The molecule has 0 aliphatic heterocycles. The zero-order valence-corrected chi connectivity index (χ0v) is 12.7. The molecule has 0 aromatic heterocycles. The normalized spacial score (nSPS) is 12.4. The fourth-order valence-electron chi connectivity index (χ4n) is 2.40. The third-order valence-electron chi connectivity index (χ3n) is 3.49. The van der Waals surface area contributed by atoms with E-state index in [0.717, 1.165) is 34.6 Å². The summed E-state index contributed by atoms with van der Waals surface area (Å²) in [6.07, 6.45) is 2.26. The second-order valence-electron chi connectivity index (χ2n) is 5.12. The van der Waals surface area contributed by atoms with Crippen LogP contribution in [0.2, 0.25) is 5.02 Å². The monoisotopic (exact) mass is 288 g/mol. The lowest BCUT2D eigenvalue weighted by atomic mass is 9.96. The van der Waals surface area contributed by atoms with Crippen molar-refractivity contribution in [2.24, 2.45) is 5.84 Å². The molecule has 0 saturated heterocycles. The molecule has 0 aliphatic rings. The van der Waals surface area contributed by atoms with Crippen molar-refractivity contribution < 1.29 is 0 Å². The van der Waals surface area contributed by atoms with Gasteiger partial charge in [-0.2, -0.15) is 0 Å². The number of hydrazine groups is 1. The van der Waals surface area contributed by atoms with Gasteiger partial charge in [0.15, 0.2) is 0 Å². The van der Waals surface area contributed by atoms with Gasteiger partial charge in [0.1, 0.15) is 0 Å². The van der Waals surface area contributed by atoms with E-state index < -0.39 is 0 Å². The first-order valence-corrected chi connectivity index (χ1v) is 7.34. The van der Waals surface area contributed by atoms with Crippen molar-refractivity contribution in [2.75, 3.05) is 0 Å². The van der Waals surface area contributed by atoms with E-state index in [1.54, 1.807) is 0 Å². The molecule has 20 heavy (non-hydrogen) atoms. The molecule has 2 rings (SSSR count). The van der Waals surface area contributed by atoms with Crippen molar-refractivity contribution in [2.45, 2.75) is 32.7 Å². The van der Waals surface area contributed by atoms with Crippen LogP contribution in [0, 0.1) is 6.92 Å². The highest BCUT2D eigenvalue weighted by atomic mass is 35.5. The molecule has 0 heterocycles. The highest BCUT2D eigenvalue weighted by molar-refractivity contribution is 6.31. The summed E-state index contributed by atoms with van der Waals surface area (Å²) in [7, 11) is 0. The van der Waals surface area contributed by atoms with Gasteiger partial charge in [0.05, 0.1) is 6.04 Å². The van der Waals surface area contributed by atoms with E-state index in [4.69, 9.17) is 17.4 Å². The maximum absolute atomic E-state index is 6.34. The summed E-state index contributed by atoms with van der Waals surface area (Å²) in [5, 5.41) is 0.741. The van der Waals surface area contributed by atoms with Crippen molar-refractivity contribution >= 4 is 11.6 Å². The lowest BCUT2D eigenvalue weighted by Crippen LogP contribution is -2.29. The highest BCUT2D eigenvalue weighted by Crippen LogP contribution is 2.28. The van der Waals surface area contributed by atoms with Crippen LogP contribution in [-0.2, 0) is 6.42 Å². The van der Waals surface area contributed by atoms with Crippen LogP contribution >= 0.6 is 11.6 Å². The number of nitrogens with one attached hydrogen (secondary N) is 1. The molecule has 0 amide bonds. The van der Waals surface area contributed by atoms with Gasteiger partial charge >= 0.3 is 0 Å². The van der Waals surface area contributed by atoms with Crippen LogP contribution in [-0.4, -0.2) is 0 Å². The minimum absolute atomic E-state index is 0.0845. The zero-order chi connectivity index (χ0) is 14.5. The molecular weight excluding hydrogens is 268 g/mol. The summed E-state index contributed by atoms with van der Waals surface area (Å²) in [4.78, 5) is 0. The number of halogens is 1. The Morgan fingerprint density at radius 3 is 2.40 bits per heavy atom. The highest BCUT2D eigenvalue weighted by Gasteiger charge is 2.15. The summed E-state index contributed by atoms with van der Waals surface area (Å²) in [5.74, 6) is 5.73. The summed E-state index contributed by atoms with van der Waals surface area (Å²) in [6.45, 7) is 4.21. The first-order chi connectivity index (χ1) is 9.65. The van der Waals surface area contributed by atoms with Crippen LogP contribution in [0.5, 0.6) is 0 Å². The van der Waals surface area contributed by atoms with E-state index in [1.807, 2.05) is 19.1 Å². The van der Waals surface area contributed by atoms with Crippen molar-refractivity contribution in [3.05, 3.63) is 69.7 Å². The maximum atomic E-state index is 6.34. The van der Waals surface area contributed by atoms with E-state index in [9.17, 15) is 0 Å². The predicted octanol–water partition coefficient (Wildman–Crippen LogP) is 4.15. The van der Waals surface area contributed by atoms with Gasteiger partial charge in [0, 0.05) is 5.02 Å². The molecule has 0 radical (unpaired) electrons. The molecule has 3 N–H and O–H groups in total. The van der Waals surface area contributed by atoms with Crippen LogP contribution < -0.4 is 11.3 Å². The van der Waals surface area contributed by atoms with Crippen LogP contribution in [0.1, 0.15) is 41.6 Å². The lowest BCUT2D eigenvalue weighted by Gasteiger charge is -2.19. The van der Waals surface area contributed by atoms with Gasteiger partial charge in [-0.25, -0.2) is 5.43 Å². The zero-order valence-electron chi connectivity index (χ0n) is 12.0. The van der Waals surface area contributed by atoms with Gasteiger partial charge in [-0.05, 0) is 41.7 Å². The standard InChI is InChI=1S/C17H21ClN2/c1-3-4-13-6-8-14(9-7-13)17(20-19)15-10-5-12(2)11-16(15)18/h5-11,17,20H,3-4,19H2,1-2H3. The Morgan fingerprint density at radius 2 is 1.85 bits per heavy atom. The summed E-state index contributed by atoms with van der Waals surface area (Å²) >= 11 is 6.34. The van der Waals surface area contributed by atoms with Gasteiger partial charge < -0.3 is 0 Å². The quantitative estimate of drug-likeness (QED) is 0.640. The summed E-state index contributed by atoms with van der Waals surface area (Å²) in [5.41, 5.74) is 7.48. The molecule has 1 atom stereocenters. The SMILES string of the molecule is CCCc1ccc(C(NN)c2ccc(C)cc2Cl)cc1. The Kier molecular flexibility index (Phi) is 5.18. The van der Waals surface area contributed by atoms with E-state index in [0.29, 0.717) is 0 Å². The second kappa shape index (κ2) is 6.89. The number of benzene rings is 2. The fourth-order valence-corrected chi connectivity index (χ4v) is 2.74. The molecule has 106 valence electrons. The second-order valence-corrected chi connectivity index (χ2v) is 5.52. The first kappa shape index (κ1) is 15.0. The molecule has 2 aromatic rings.